The Labute approximate surface area is 193 Å². The lowest BCUT2D eigenvalue weighted by Gasteiger charge is -2.39. The van der Waals surface area contributed by atoms with Crippen LogP contribution in [0.2, 0.25) is 0 Å². The molecule has 0 amide bonds. The van der Waals surface area contributed by atoms with Gasteiger partial charge in [0.25, 0.3) is 0 Å². The Kier molecular flexibility index (Phi) is 10.8. The van der Waals surface area contributed by atoms with E-state index in [9.17, 15) is 0 Å². The van der Waals surface area contributed by atoms with E-state index < -0.39 is 0 Å². The van der Waals surface area contributed by atoms with Gasteiger partial charge in [0.2, 0.25) is 0 Å². The molecule has 6 nitrogen and oxygen atoms in total. The van der Waals surface area contributed by atoms with Crippen LogP contribution in [0.5, 0.6) is 0 Å². The van der Waals surface area contributed by atoms with Crippen LogP contribution in [-0.4, -0.2) is 59.3 Å². The second-order valence-corrected chi connectivity index (χ2v) is 8.35. The third-order valence-corrected chi connectivity index (χ3v) is 6.44. The molecule has 1 N–H and O–H groups in total. The number of nitrogens with one attached hydrogen (secondary N) is 1. The monoisotopic (exact) mass is 517 g/mol. The molecule has 166 valence electrons. The summed E-state index contributed by atoms with van der Waals surface area (Å²) in [6.45, 7) is 11.2. The number of aromatic nitrogens is 2. The second-order valence-electron chi connectivity index (χ2n) is 8.35. The number of nitrogens with zero attached hydrogens (tertiary/aromatic N) is 4. The van der Waals surface area contributed by atoms with Crippen LogP contribution in [0.4, 0.5) is 0 Å². The van der Waals surface area contributed by atoms with Gasteiger partial charge in [0, 0.05) is 45.2 Å². The standard InChI is InChI=1S/C22H39N5O.HI/c1-4-24-22(25-12-10-21(28-5-2)19-8-6-7-9-19)26-14-11-18(3)20(16-26)27-15-13-23-17-27;/h13,15,17-21H,4-12,14,16H2,1-3H3,(H,24,25);1H. The third-order valence-electron chi connectivity index (χ3n) is 6.44. The van der Waals surface area contributed by atoms with E-state index in [1.807, 2.05) is 12.5 Å². The van der Waals surface area contributed by atoms with Crippen LogP contribution >= 0.6 is 24.0 Å². The molecule has 0 radical (unpaired) electrons. The fourth-order valence-corrected chi connectivity index (χ4v) is 4.82. The molecule has 1 saturated carbocycles. The summed E-state index contributed by atoms with van der Waals surface area (Å²) >= 11 is 0. The van der Waals surface area contributed by atoms with E-state index >= 15 is 0 Å². The number of rotatable bonds is 8. The molecule has 1 aliphatic heterocycles. The minimum absolute atomic E-state index is 0. The number of piperidine rings is 1. The van der Waals surface area contributed by atoms with Gasteiger partial charge >= 0.3 is 0 Å². The molecule has 1 saturated heterocycles. The highest BCUT2D eigenvalue weighted by Gasteiger charge is 2.29. The number of halogens is 1. The van der Waals surface area contributed by atoms with Crippen LogP contribution in [0.1, 0.15) is 65.3 Å². The molecule has 0 aromatic carbocycles. The molecule has 3 atom stereocenters. The average molecular weight is 518 g/mol. The fraction of sp³-hybridized carbons (Fsp3) is 0.818. The molecule has 1 aromatic heterocycles. The molecule has 3 rings (SSSR count). The summed E-state index contributed by atoms with van der Waals surface area (Å²) in [6, 6.07) is 0.453. The fourth-order valence-electron chi connectivity index (χ4n) is 4.82. The Balaban J connectivity index is 0.00000300. The van der Waals surface area contributed by atoms with Crippen LogP contribution in [0.25, 0.3) is 0 Å². The maximum absolute atomic E-state index is 6.08. The van der Waals surface area contributed by atoms with Crippen molar-refractivity contribution in [3.05, 3.63) is 18.7 Å². The summed E-state index contributed by atoms with van der Waals surface area (Å²) in [5.74, 6) is 2.44. The number of guanidine groups is 1. The number of hydrogen-bond acceptors (Lipinski definition) is 3. The maximum atomic E-state index is 6.08. The van der Waals surface area contributed by atoms with Crippen molar-refractivity contribution in [2.75, 3.05) is 32.8 Å². The van der Waals surface area contributed by atoms with Gasteiger partial charge in [-0.15, -0.1) is 24.0 Å². The summed E-state index contributed by atoms with van der Waals surface area (Å²) in [5, 5.41) is 3.52. The highest BCUT2D eigenvalue weighted by Crippen LogP contribution is 2.31. The zero-order chi connectivity index (χ0) is 19.8. The van der Waals surface area contributed by atoms with Crippen molar-refractivity contribution < 1.29 is 4.74 Å². The van der Waals surface area contributed by atoms with Crippen molar-refractivity contribution in [2.24, 2.45) is 16.8 Å². The number of imidazole rings is 1. The quantitative estimate of drug-likeness (QED) is 0.317. The van der Waals surface area contributed by atoms with E-state index in [1.165, 1.54) is 32.1 Å². The van der Waals surface area contributed by atoms with Crippen molar-refractivity contribution in [1.29, 1.82) is 0 Å². The lowest BCUT2D eigenvalue weighted by Crippen LogP contribution is -2.49. The van der Waals surface area contributed by atoms with Gasteiger partial charge in [0.1, 0.15) is 0 Å². The minimum Gasteiger partial charge on any atom is -0.378 e. The smallest absolute Gasteiger partial charge is 0.193 e. The summed E-state index contributed by atoms with van der Waals surface area (Å²) in [5.41, 5.74) is 0. The van der Waals surface area contributed by atoms with Gasteiger partial charge in [0.05, 0.1) is 18.5 Å². The number of aliphatic imine (C=N–C) groups is 1. The largest absolute Gasteiger partial charge is 0.378 e. The molecule has 29 heavy (non-hydrogen) atoms. The molecule has 0 spiro atoms. The van der Waals surface area contributed by atoms with Crippen molar-refractivity contribution in [2.45, 2.75) is 71.4 Å². The van der Waals surface area contributed by atoms with Gasteiger partial charge in [-0.25, -0.2) is 4.98 Å². The van der Waals surface area contributed by atoms with Gasteiger partial charge in [-0.05, 0) is 51.4 Å². The second kappa shape index (κ2) is 12.8. The molecule has 2 fully saturated rings. The predicted octanol–water partition coefficient (Wildman–Crippen LogP) is 4.33. The van der Waals surface area contributed by atoms with Gasteiger partial charge in [-0.2, -0.15) is 0 Å². The third kappa shape index (κ3) is 6.84. The lowest BCUT2D eigenvalue weighted by molar-refractivity contribution is 0.0177. The normalized spacial score (nSPS) is 24.4. The molecule has 1 aromatic rings. The first-order valence-electron chi connectivity index (χ1n) is 11.3. The Bertz CT molecular complexity index is 588. The average Bonchev–Trinajstić information content (AvgIpc) is 3.41. The van der Waals surface area contributed by atoms with Crippen LogP contribution in [0.15, 0.2) is 23.7 Å². The topological polar surface area (TPSA) is 54.7 Å². The van der Waals surface area contributed by atoms with Gasteiger partial charge in [-0.1, -0.05) is 19.8 Å². The number of ether oxygens (including phenoxy) is 1. The van der Waals surface area contributed by atoms with Gasteiger partial charge in [-0.3, -0.25) is 4.99 Å². The molecule has 1 aliphatic carbocycles. The van der Waals surface area contributed by atoms with Crippen LogP contribution in [0, 0.1) is 11.8 Å². The molecule has 0 bridgehead atoms. The lowest BCUT2D eigenvalue weighted by atomic mass is 9.93. The Morgan fingerprint density at radius 1 is 1.28 bits per heavy atom. The Hall–Kier alpha value is -0.830. The first kappa shape index (κ1) is 24.4. The zero-order valence-electron chi connectivity index (χ0n) is 18.4. The molecular formula is C22H40IN5O. The molecule has 2 aliphatic rings. The zero-order valence-corrected chi connectivity index (χ0v) is 20.8. The summed E-state index contributed by atoms with van der Waals surface area (Å²) < 4.78 is 8.34. The highest BCUT2D eigenvalue weighted by atomic mass is 127. The van der Waals surface area contributed by atoms with E-state index in [-0.39, 0.29) is 24.0 Å². The van der Waals surface area contributed by atoms with E-state index in [4.69, 9.17) is 9.73 Å². The summed E-state index contributed by atoms with van der Waals surface area (Å²) in [6.07, 6.45) is 13.9. The Morgan fingerprint density at radius 2 is 2.07 bits per heavy atom. The van der Waals surface area contributed by atoms with E-state index in [1.54, 1.807) is 0 Å². The van der Waals surface area contributed by atoms with Crippen molar-refractivity contribution in [1.82, 2.24) is 19.8 Å². The van der Waals surface area contributed by atoms with E-state index in [2.05, 4.69) is 46.7 Å². The number of likely N-dealkylation sites (tertiary alicyclic amines) is 1. The van der Waals surface area contributed by atoms with E-state index in [0.29, 0.717) is 18.1 Å². The first-order chi connectivity index (χ1) is 13.7. The maximum Gasteiger partial charge on any atom is 0.193 e. The van der Waals surface area contributed by atoms with Crippen molar-refractivity contribution >= 4 is 29.9 Å². The SMILES string of the molecule is CCNC(=NCCC(OCC)C1CCCC1)N1CCC(C)C(n2ccnc2)C1.I. The first-order valence-corrected chi connectivity index (χ1v) is 11.3. The van der Waals surface area contributed by atoms with E-state index in [0.717, 1.165) is 51.1 Å². The molecular weight excluding hydrogens is 477 g/mol. The summed E-state index contributed by atoms with van der Waals surface area (Å²) in [4.78, 5) is 11.7. The molecule has 3 unspecified atom stereocenters. The van der Waals surface area contributed by atoms with Crippen LogP contribution in [0.3, 0.4) is 0 Å². The van der Waals surface area contributed by atoms with Crippen molar-refractivity contribution in [3.63, 3.8) is 0 Å². The van der Waals surface area contributed by atoms with Crippen LogP contribution in [-0.2, 0) is 4.74 Å². The van der Waals surface area contributed by atoms with Crippen LogP contribution < -0.4 is 5.32 Å². The predicted molar refractivity (Wildman–Crippen MR) is 130 cm³/mol. The Morgan fingerprint density at radius 3 is 2.72 bits per heavy atom. The molecule has 7 heteroatoms. The minimum atomic E-state index is 0. The van der Waals surface area contributed by atoms with Gasteiger partial charge in [0.15, 0.2) is 5.96 Å². The number of hydrogen-bond donors (Lipinski definition) is 1. The summed E-state index contributed by atoms with van der Waals surface area (Å²) in [7, 11) is 0. The van der Waals surface area contributed by atoms with Gasteiger partial charge < -0.3 is 19.5 Å². The molecule has 2 heterocycles. The van der Waals surface area contributed by atoms with Crippen molar-refractivity contribution in [3.8, 4) is 0 Å². The highest BCUT2D eigenvalue weighted by molar-refractivity contribution is 14.0.